The van der Waals surface area contributed by atoms with Crippen molar-refractivity contribution in [1.82, 2.24) is 0 Å². The number of benzene rings is 3. The SMILES string of the molecule is NC(N)=NC(=O)c1ccc2cccc(-c3c(F)cc(F)c(O)c3F)c2c1. The summed E-state index contributed by atoms with van der Waals surface area (Å²) < 4.78 is 41.9. The molecule has 0 saturated heterocycles. The van der Waals surface area contributed by atoms with Crippen LogP contribution in [-0.4, -0.2) is 17.0 Å². The van der Waals surface area contributed by atoms with Crippen LogP contribution in [0.15, 0.2) is 47.5 Å². The molecule has 1 amide bonds. The molecule has 132 valence electrons. The molecule has 8 heteroatoms. The molecule has 26 heavy (non-hydrogen) atoms. The van der Waals surface area contributed by atoms with Gasteiger partial charge in [0, 0.05) is 11.6 Å². The second-order valence-electron chi connectivity index (χ2n) is 5.46. The number of halogens is 3. The van der Waals surface area contributed by atoms with Crippen molar-refractivity contribution in [3.05, 3.63) is 65.5 Å². The minimum absolute atomic E-state index is 0.0344. The number of nitrogens with two attached hydrogens (primary N) is 2. The fraction of sp³-hybridized carbons (Fsp3) is 0. The summed E-state index contributed by atoms with van der Waals surface area (Å²) in [6.45, 7) is 0. The molecule has 0 unspecified atom stereocenters. The third-order valence-electron chi connectivity index (χ3n) is 3.77. The van der Waals surface area contributed by atoms with Crippen LogP contribution < -0.4 is 11.5 Å². The zero-order valence-corrected chi connectivity index (χ0v) is 13.1. The average Bonchev–Trinajstić information content (AvgIpc) is 2.59. The van der Waals surface area contributed by atoms with Gasteiger partial charge in [0.05, 0.1) is 5.56 Å². The Labute approximate surface area is 145 Å². The zero-order valence-electron chi connectivity index (χ0n) is 13.1. The van der Waals surface area contributed by atoms with Gasteiger partial charge in [-0.25, -0.2) is 13.2 Å². The van der Waals surface area contributed by atoms with Crippen LogP contribution in [0.1, 0.15) is 10.4 Å². The second-order valence-corrected chi connectivity index (χ2v) is 5.46. The summed E-state index contributed by atoms with van der Waals surface area (Å²) in [4.78, 5) is 15.4. The smallest absolute Gasteiger partial charge is 0.280 e. The lowest BCUT2D eigenvalue weighted by atomic mass is 9.95. The van der Waals surface area contributed by atoms with E-state index in [-0.39, 0.29) is 11.1 Å². The molecule has 0 atom stereocenters. The highest BCUT2D eigenvalue weighted by Gasteiger charge is 2.21. The largest absolute Gasteiger partial charge is 0.503 e. The molecule has 0 aliphatic rings. The number of hydrogen-bond donors (Lipinski definition) is 3. The predicted octanol–water partition coefficient (Wildman–Crippen LogP) is 3.04. The highest BCUT2D eigenvalue weighted by atomic mass is 19.1. The number of aromatic hydroxyl groups is 1. The first kappa shape index (κ1) is 17.3. The lowest BCUT2D eigenvalue weighted by molar-refractivity contribution is 0.100. The Balaban J connectivity index is 2.30. The van der Waals surface area contributed by atoms with Gasteiger partial charge in [-0.05, 0) is 28.5 Å². The van der Waals surface area contributed by atoms with E-state index in [1.165, 1.54) is 24.3 Å². The number of phenols is 1. The number of carbonyl (C=O) groups excluding carboxylic acids is 1. The maximum Gasteiger partial charge on any atom is 0.280 e. The molecule has 3 aromatic carbocycles. The van der Waals surface area contributed by atoms with Crippen molar-refractivity contribution < 1.29 is 23.1 Å². The average molecular weight is 359 g/mol. The number of rotatable bonds is 2. The van der Waals surface area contributed by atoms with Gasteiger partial charge < -0.3 is 16.6 Å². The number of hydrogen-bond acceptors (Lipinski definition) is 2. The summed E-state index contributed by atoms with van der Waals surface area (Å²) in [5.41, 5.74) is 9.87. The molecule has 0 aromatic heterocycles. The maximum absolute atomic E-state index is 14.3. The number of guanidine groups is 1. The van der Waals surface area contributed by atoms with E-state index < -0.39 is 40.6 Å². The number of carbonyl (C=O) groups is 1. The van der Waals surface area contributed by atoms with Crippen LogP contribution in [0.5, 0.6) is 5.75 Å². The van der Waals surface area contributed by atoms with E-state index in [0.29, 0.717) is 16.8 Å². The van der Waals surface area contributed by atoms with Gasteiger partial charge in [-0.2, -0.15) is 4.99 Å². The van der Waals surface area contributed by atoms with Crippen molar-refractivity contribution in [1.29, 1.82) is 0 Å². The minimum atomic E-state index is -1.43. The summed E-state index contributed by atoms with van der Waals surface area (Å²) in [7, 11) is 0. The van der Waals surface area contributed by atoms with Gasteiger partial charge in [0.2, 0.25) is 0 Å². The van der Waals surface area contributed by atoms with Crippen molar-refractivity contribution in [3.8, 4) is 16.9 Å². The first-order valence-electron chi connectivity index (χ1n) is 7.33. The Morgan fingerprint density at radius 2 is 1.73 bits per heavy atom. The van der Waals surface area contributed by atoms with E-state index in [1.807, 2.05) is 0 Å². The van der Waals surface area contributed by atoms with Crippen LogP contribution in [-0.2, 0) is 0 Å². The van der Waals surface area contributed by atoms with E-state index >= 15 is 0 Å². The molecule has 3 rings (SSSR count). The molecule has 5 nitrogen and oxygen atoms in total. The zero-order chi connectivity index (χ0) is 19.0. The molecule has 0 saturated carbocycles. The first-order chi connectivity index (χ1) is 12.3. The van der Waals surface area contributed by atoms with Crippen LogP contribution in [0.4, 0.5) is 13.2 Å². The predicted molar refractivity (Wildman–Crippen MR) is 91.1 cm³/mol. The molecule has 3 aromatic rings. The molecule has 0 radical (unpaired) electrons. The summed E-state index contributed by atoms with van der Waals surface area (Å²) >= 11 is 0. The van der Waals surface area contributed by atoms with Crippen LogP contribution in [0.2, 0.25) is 0 Å². The van der Waals surface area contributed by atoms with Gasteiger partial charge >= 0.3 is 0 Å². The number of aliphatic imine (C=N–C) groups is 1. The van der Waals surface area contributed by atoms with Gasteiger partial charge in [0.25, 0.3) is 5.91 Å². The Morgan fingerprint density at radius 1 is 1.00 bits per heavy atom. The number of fused-ring (bicyclic) bond motifs is 1. The van der Waals surface area contributed by atoms with Crippen LogP contribution >= 0.6 is 0 Å². The van der Waals surface area contributed by atoms with E-state index in [0.717, 1.165) is 0 Å². The van der Waals surface area contributed by atoms with Crippen LogP contribution in [0.3, 0.4) is 0 Å². The monoisotopic (exact) mass is 359 g/mol. The fourth-order valence-electron chi connectivity index (χ4n) is 2.63. The minimum Gasteiger partial charge on any atom is -0.503 e. The van der Waals surface area contributed by atoms with E-state index in [1.54, 1.807) is 12.1 Å². The Morgan fingerprint density at radius 3 is 2.42 bits per heavy atom. The third kappa shape index (κ3) is 2.92. The van der Waals surface area contributed by atoms with Gasteiger partial charge in [-0.1, -0.05) is 24.3 Å². The molecule has 0 aliphatic heterocycles. The lowest BCUT2D eigenvalue weighted by Gasteiger charge is -2.11. The van der Waals surface area contributed by atoms with Gasteiger partial charge in [0.15, 0.2) is 23.3 Å². The van der Waals surface area contributed by atoms with Crippen molar-refractivity contribution in [2.45, 2.75) is 0 Å². The standard InChI is InChI=1S/C18H12F3N3O2/c19-12-7-13(20)16(25)15(21)14(12)10-3-1-2-8-4-5-9(6-11(8)10)17(26)24-18(22)23/h1-7,25H,(H4,22,23,24,26). The van der Waals surface area contributed by atoms with E-state index in [2.05, 4.69) is 4.99 Å². The highest BCUT2D eigenvalue weighted by molar-refractivity contribution is 6.06. The quantitative estimate of drug-likeness (QED) is 0.483. The maximum atomic E-state index is 14.3. The van der Waals surface area contributed by atoms with Gasteiger partial charge in [-0.15, -0.1) is 0 Å². The molecule has 5 N–H and O–H groups in total. The van der Waals surface area contributed by atoms with Gasteiger partial charge in [0.1, 0.15) is 5.82 Å². The Hall–Kier alpha value is -3.55. The molecular formula is C18H12F3N3O2. The summed E-state index contributed by atoms with van der Waals surface area (Å²) in [5.74, 6) is -6.48. The summed E-state index contributed by atoms with van der Waals surface area (Å²) in [6, 6.07) is 9.33. The fourth-order valence-corrected chi connectivity index (χ4v) is 2.63. The van der Waals surface area contributed by atoms with Gasteiger partial charge in [-0.3, -0.25) is 4.79 Å². The molecule has 0 aliphatic carbocycles. The van der Waals surface area contributed by atoms with Crippen molar-refractivity contribution in [3.63, 3.8) is 0 Å². The molecular weight excluding hydrogens is 347 g/mol. The van der Waals surface area contributed by atoms with Crippen LogP contribution in [0, 0.1) is 17.5 Å². The highest BCUT2D eigenvalue weighted by Crippen LogP contribution is 2.37. The molecule has 0 bridgehead atoms. The van der Waals surface area contributed by atoms with E-state index in [9.17, 15) is 23.1 Å². The molecule has 0 spiro atoms. The first-order valence-corrected chi connectivity index (χ1v) is 7.33. The molecule has 0 fully saturated rings. The van der Waals surface area contributed by atoms with Crippen molar-refractivity contribution >= 4 is 22.6 Å². The number of phenolic OH excluding ortho intramolecular Hbond substituents is 1. The summed E-state index contributed by atoms with van der Waals surface area (Å²) in [5, 5.41) is 10.3. The Bertz CT molecular complexity index is 1080. The third-order valence-corrected chi connectivity index (χ3v) is 3.77. The number of amides is 1. The normalized spacial score (nSPS) is 10.7. The number of nitrogens with zero attached hydrogens (tertiary/aromatic N) is 1. The molecule has 0 heterocycles. The van der Waals surface area contributed by atoms with Crippen molar-refractivity contribution in [2.75, 3.05) is 0 Å². The summed E-state index contributed by atoms with van der Waals surface area (Å²) in [6.07, 6.45) is 0. The second kappa shape index (κ2) is 6.40. The lowest BCUT2D eigenvalue weighted by Crippen LogP contribution is -2.24. The topological polar surface area (TPSA) is 102 Å². The Kier molecular flexibility index (Phi) is 4.25. The van der Waals surface area contributed by atoms with Crippen molar-refractivity contribution in [2.24, 2.45) is 16.5 Å². The van der Waals surface area contributed by atoms with Crippen LogP contribution in [0.25, 0.3) is 21.9 Å². The van der Waals surface area contributed by atoms with E-state index in [4.69, 9.17) is 11.5 Å².